The van der Waals surface area contributed by atoms with Gasteiger partial charge in [0.15, 0.2) is 5.82 Å². The molecule has 25 heavy (non-hydrogen) atoms. The number of halogens is 1. The van der Waals surface area contributed by atoms with Gasteiger partial charge in [-0.3, -0.25) is 4.79 Å². The molecule has 3 aromatic rings. The van der Waals surface area contributed by atoms with Gasteiger partial charge in [-0.25, -0.2) is 14.1 Å². The van der Waals surface area contributed by atoms with Crippen molar-refractivity contribution in [3.63, 3.8) is 0 Å². The molecule has 5 nitrogen and oxygen atoms in total. The quantitative estimate of drug-likeness (QED) is 0.669. The summed E-state index contributed by atoms with van der Waals surface area (Å²) in [5.74, 6) is 0.185. The van der Waals surface area contributed by atoms with E-state index < -0.39 is 0 Å². The molecule has 0 aliphatic carbocycles. The van der Waals surface area contributed by atoms with E-state index in [1.54, 1.807) is 28.8 Å². The smallest absolute Gasteiger partial charge is 0.293 e. The van der Waals surface area contributed by atoms with Crippen LogP contribution in [0.15, 0.2) is 41.8 Å². The lowest BCUT2D eigenvalue weighted by atomic mass is 10.3. The van der Waals surface area contributed by atoms with E-state index in [0.29, 0.717) is 18.1 Å². The molecule has 0 radical (unpaired) electrons. The molecule has 0 saturated carbocycles. The Bertz CT molecular complexity index is 843. The molecule has 2 heterocycles. The molecule has 0 fully saturated rings. The number of aromatic nitrogens is 3. The fraction of sp³-hybridized carbons (Fsp3) is 0.278. The number of carbonyl (C=O) groups is 1. The Kier molecular flexibility index (Phi) is 5.23. The zero-order valence-corrected chi connectivity index (χ0v) is 15.0. The van der Waals surface area contributed by atoms with Crippen molar-refractivity contribution < 1.29 is 9.18 Å². The number of benzene rings is 1. The van der Waals surface area contributed by atoms with Crippen molar-refractivity contribution in [3.05, 3.63) is 53.4 Å². The molecular weight excluding hydrogens is 339 g/mol. The van der Waals surface area contributed by atoms with E-state index in [1.165, 1.54) is 23.5 Å². The summed E-state index contributed by atoms with van der Waals surface area (Å²) in [7, 11) is 1.75. The molecule has 0 aliphatic rings. The topological polar surface area (TPSA) is 51.0 Å². The van der Waals surface area contributed by atoms with Gasteiger partial charge in [0, 0.05) is 13.6 Å². The fourth-order valence-corrected chi connectivity index (χ4v) is 3.10. The van der Waals surface area contributed by atoms with Crippen LogP contribution in [0.25, 0.3) is 16.4 Å². The van der Waals surface area contributed by atoms with E-state index in [9.17, 15) is 9.18 Å². The predicted octanol–water partition coefficient (Wildman–Crippen LogP) is 4.01. The van der Waals surface area contributed by atoms with Crippen molar-refractivity contribution in [1.82, 2.24) is 19.7 Å². The highest BCUT2D eigenvalue weighted by Crippen LogP contribution is 2.26. The van der Waals surface area contributed by atoms with Crippen LogP contribution in [0.2, 0.25) is 0 Å². The van der Waals surface area contributed by atoms with Gasteiger partial charge in [0.1, 0.15) is 5.82 Å². The second kappa shape index (κ2) is 7.57. The highest BCUT2D eigenvalue weighted by atomic mass is 32.1. The fourth-order valence-electron chi connectivity index (χ4n) is 2.40. The van der Waals surface area contributed by atoms with Gasteiger partial charge in [0.05, 0.1) is 10.6 Å². The maximum atomic E-state index is 13.2. The Morgan fingerprint density at radius 2 is 2.04 bits per heavy atom. The van der Waals surface area contributed by atoms with Gasteiger partial charge in [-0.05, 0) is 42.1 Å². The molecule has 0 N–H and O–H groups in total. The number of hydrogen-bond acceptors (Lipinski definition) is 4. The van der Waals surface area contributed by atoms with Crippen LogP contribution >= 0.6 is 11.3 Å². The third-order valence-electron chi connectivity index (χ3n) is 3.80. The third kappa shape index (κ3) is 3.76. The summed E-state index contributed by atoms with van der Waals surface area (Å²) in [6.07, 6.45) is 1.94. The minimum Gasteiger partial charge on any atom is -0.339 e. The summed E-state index contributed by atoms with van der Waals surface area (Å²) in [6.45, 7) is 2.74. The molecule has 0 aliphatic heterocycles. The monoisotopic (exact) mass is 358 g/mol. The largest absolute Gasteiger partial charge is 0.339 e. The molecule has 130 valence electrons. The van der Waals surface area contributed by atoms with Gasteiger partial charge in [0.2, 0.25) is 5.82 Å². The first-order valence-corrected chi connectivity index (χ1v) is 9.00. The highest BCUT2D eigenvalue weighted by molar-refractivity contribution is 7.13. The number of carbonyl (C=O) groups excluding carboxylic acids is 1. The maximum Gasteiger partial charge on any atom is 0.293 e. The minimum atomic E-state index is -0.322. The van der Waals surface area contributed by atoms with E-state index in [-0.39, 0.29) is 17.5 Å². The minimum absolute atomic E-state index is 0.145. The van der Waals surface area contributed by atoms with Crippen LogP contribution in [0.4, 0.5) is 4.39 Å². The Morgan fingerprint density at radius 1 is 1.28 bits per heavy atom. The average Bonchev–Trinajstić information content (AvgIpc) is 3.28. The third-order valence-corrected chi connectivity index (χ3v) is 4.67. The second-order valence-electron chi connectivity index (χ2n) is 5.70. The van der Waals surface area contributed by atoms with E-state index in [2.05, 4.69) is 17.0 Å². The highest BCUT2D eigenvalue weighted by Gasteiger charge is 2.21. The second-order valence-corrected chi connectivity index (χ2v) is 6.65. The van der Waals surface area contributed by atoms with Crippen molar-refractivity contribution in [2.24, 2.45) is 0 Å². The number of hydrogen-bond donors (Lipinski definition) is 0. The first-order chi connectivity index (χ1) is 12.1. The molecule has 3 rings (SSSR count). The number of amides is 1. The van der Waals surface area contributed by atoms with E-state index in [1.807, 2.05) is 17.5 Å². The van der Waals surface area contributed by atoms with Crippen molar-refractivity contribution >= 4 is 17.2 Å². The van der Waals surface area contributed by atoms with Crippen LogP contribution in [0.1, 0.15) is 30.4 Å². The van der Waals surface area contributed by atoms with E-state index in [0.717, 1.165) is 17.7 Å². The summed E-state index contributed by atoms with van der Waals surface area (Å²) in [5.41, 5.74) is 0.660. The van der Waals surface area contributed by atoms with Crippen LogP contribution in [0.3, 0.4) is 0 Å². The van der Waals surface area contributed by atoms with Crippen molar-refractivity contribution in [2.45, 2.75) is 19.8 Å². The van der Waals surface area contributed by atoms with E-state index >= 15 is 0 Å². The van der Waals surface area contributed by atoms with Crippen molar-refractivity contribution in [1.29, 1.82) is 0 Å². The molecule has 0 spiro atoms. The standard InChI is InChI=1S/C18H19FN4OS/c1-3-4-11-22(2)18(24)16-20-17(15-6-5-12-25-15)23(21-16)14-9-7-13(19)8-10-14/h5-10,12H,3-4,11H2,1-2H3. The van der Waals surface area contributed by atoms with E-state index in [4.69, 9.17) is 0 Å². The van der Waals surface area contributed by atoms with Gasteiger partial charge in [-0.15, -0.1) is 16.4 Å². The van der Waals surface area contributed by atoms with Gasteiger partial charge >= 0.3 is 0 Å². The number of thiophene rings is 1. The zero-order chi connectivity index (χ0) is 17.8. The number of nitrogens with zero attached hydrogens (tertiary/aromatic N) is 4. The van der Waals surface area contributed by atoms with Gasteiger partial charge in [0.25, 0.3) is 5.91 Å². The molecule has 1 aromatic carbocycles. The zero-order valence-electron chi connectivity index (χ0n) is 14.1. The van der Waals surface area contributed by atoms with Crippen LogP contribution in [-0.4, -0.2) is 39.2 Å². The lowest BCUT2D eigenvalue weighted by Crippen LogP contribution is -2.28. The lowest BCUT2D eigenvalue weighted by Gasteiger charge is -2.14. The summed E-state index contributed by atoms with van der Waals surface area (Å²) < 4.78 is 14.8. The number of rotatable bonds is 6. The molecular formula is C18H19FN4OS. The summed E-state index contributed by atoms with van der Waals surface area (Å²) in [5, 5.41) is 6.33. The molecule has 0 atom stereocenters. The Labute approximate surface area is 149 Å². The van der Waals surface area contributed by atoms with Crippen molar-refractivity contribution in [3.8, 4) is 16.4 Å². The first-order valence-electron chi connectivity index (χ1n) is 8.12. The Balaban J connectivity index is 2.00. The molecule has 0 saturated heterocycles. The average molecular weight is 358 g/mol. The predicted molar refractivity (Wildman–Crippen MR) is 96.5 cm³/mol. The van der Waals surface area contributed by atoms with Gasteiger partial charge in [-0.2, -0.15) is 0 Å². The molecule has 7 heteroatoms. The van der Waals surface area contributed by atoms with Crippen LogP contribution < -0.4 is 0 Å². The summed E-state index contributed by atoms with van der Waals surface area (Å²) >= 11 is 1.51. The van der Waals surface area contributed by atoms with Crippen LogP contribution in [0.5, 0.6) is 0 Å². The molecule has 0 unspecified atom stereocenters. The Morgan fingerprint density at radius 3 is 2.68 bits per heavy atom. The lowest BCUT2D eigenvalue weighted by molar-refractivity contribution is 0.0781. The summed E-state index contributed by atoms with van der Waals surface area (Å²) in [4.78, 5) is 19.6. The number of unbranched alkanes of at least 4 members (excludes halogenated alkanes) is 1. The maximum absolute atomic E-state index is 13.2. The van der Waals surface area contributed by atoms with Gasteiger partial charge < -0.3 is 4.90 Å². The molecule has 0 bridgehead atoms. The van der Waals surface area contributed by atoms with Gasteiger partial charge in [-0.1, -0.05) is 19.4 Å². The molecule has 2 aromatic heterocycles. The Hall–Kier alpha value is -2.54. The first kappa shape index (κ1) is 17.3. The normalized spacial score (nSPS) is 10.8. The van der Waals surface area contributed by atoms with Crippen LogP contribution in [0, 0.1) is 5.82 Å². The van der Waals surface area contributed by atoms with Crippen molar-refractivity contribution in [2.75, 3.05) is 13.6 Å². The SMILES string of the molecule is CCCCN(C)C(=O)c1nc(-c2cccs2)n(-c2ccc(F)cc2)n1. The van der Waals surface area contributed by atoms with Crippen LogP contribution in [-0.2, 0) is 0 Å². The summed E-state index contributed by atoms with van der Waals surface area (Å²) in [6, 6.07) is 9.81. The molecule has 1 amide bonds.